The van der Waals surface area contributed by atoms with Gasteiger partial charge in [0.15, 0.2) is 25.0 Å². The van der Waals surface area contributed by atoms with Gasteiger partial charge in [-0.1, -0.05) is 68.4 Å². The van der Waals surface area contributed by atoms with Crippen LogP contribution in [0.2, 0.25) is 54.4 Å². The monoisotopic (exact) mass is 528 g/mol. The molecule has 1 aliphatic rings. The summed E-state index contributed by atoms with van der Waals surface area (Å²) in [5.41, 5.74) is 0. The summed E-state index contributed by atoms with van der Waals surface area (Å²) in [6, 6.07) is 0. The molecule has 0 amide bonds. The van der Waals surface area contributed by atoms with Gasteiger partial charge >= 0.3 is 0 Å². The van der Waals surface area contributed by atoms with Crippen molar-refractivity contribution in [2.45, 2.75) is 141 Å². The van der Waals surface area contributed by atoms with Crippen molar-refractivity contribution in [2.75, 3.05) is 6.61 Å². The topological polar surface area (TPSA) is 36.9 Å². The fraction of sp³-hybridized carbons (Fsp3) is 0.852. The fourth-order valence-electron chi connectivity index (χ4n) is 2.96. The van der Waals surface area contributed by atoms with Gasteiger partial charge in [-0.25, -0.2) is 0 Å². The summed E-state index contributed by atoms with van der Waals surface area (Å²) in [5.74, 6) is 0.914. The number of rotatable bonds is 9. The third-order valence-electron chi connectivity index (χ3n) is 8.58. The third-order valence-corrected chi connectivity index (χ3v) is 22.0. The smallest absolute Gasteiger partial charge is 0.193 e. The predicted octanol–water partition coefficient (Wildman–Crippen LogP) is 8.65. The lowest BCUT2D eigenvalue weighted by Gasteiger charge is -2.48. The van der Waals surface area contributed by atoms with E-state index in [9.17, 15) is 0 Å². The summed E-state index contributed by atoms with van der Waals surface area (Å²) in [6.07, 6.45) is 4.16. The molecule has 0 N–H and O–H groups in total. The van der Waals surface area contributed by atoms with Crippen molar-refractivity contribution >= 4 is 25.0 Å². The summed E-state index contributed by atoms with van der Waals surface area (Å²) < 4.78 is 27.3. The van der Waals surface area contributed by atoms with Crippen LogP contribution in [0.4, 0.5) is 0 Å². The van der Waals surface area contributed by atoms with Crippen LogP contribution in [0.3, 0.4) is 0 Å². The molecule has 1 rings (SSSR count). The molecule has 4 nitrogen and oxygen atoms in total. The maximum Gasteiger partial charge on any atom is 0.193 e. The highest BCUT2D eigenvalue weighted by molar-refractivity contribution is 6.75. The average molecular weight is 529 g/mol. The van der Waals surface area contributed by atoms with Gasteiger partial charge in [-0.05, 0) is 60.5 Å². The van der Waals surface area contributed by atoms with E-state index in [0.717, 1.165) is 5.76 Å². The standard InChI is InChI=1S/C27H56O4Si3/c1-17-18-21-19-22(30-33(13,14)26(5,6)7)24(31-34(15,16)27(8,9)10)23(29-21)20-28-32(11,12)25(2,3)4/h17,19,22-24H,1,18,20H2,2-16H3/t22-,23-,24+/m1/s1. The van der Waals surface area contributed by atoms with Crippen LogP contribution in [0.25, 0.3) is 0 Å². The molecule has 0 radical (unpaired) electrons. The number of ether oxygens (including phenoxy) is 1. The van der Waals surface area contributed by atoms with Crippen LogP contribution in [-0.2, 0) is 18.0 Å². The van der Waals surface area contributed by atoms with E-state index in [4.69, 9.17) is 18.0 Å². The molecule has 3 atom stereocenters. The summed E-state index contributed by atoms with van der Waals surface area (Å²) in [7, 11) is -6.09. The first-order valence-electron chi connectivity index (χ1n) is 12.9. The van der Waals surface area contributed by atoms with Gasteiger partial charge in [0.2, 0.25) is 0 Å². The van der Waals surface area contributed by atoms with Crippen LogP contribution in [0.1, 0.15) is 68.7 Å². The number of hydrogen-bond acceptors (Lipinski definition) is 4. The first-order valence-corrected chi connectivity index (χ1v) is 21.7. The third kappa shape index (κ3) is 7.90. The first-order chi connectivity index (χ1) is 15.0. The lowest BCUT2D eigenvalue weighted by Crippen LogP contribution is -2.58. The molecular formula is C27H56O4Si3. The van der Waals surface area contributed by atoms with Crippen LogP contribution in [0.15, 0.2) is 24.5 Å². The van der Waals surface area contributed by atoms with E-state index in [1.54, 1.807) is 0 Å². The van der Waals surface area contributed by atoms with E-state index in [2.05, 4.69) is 114 Å². The molecule has 0 aromatic rings. The Hall–Kier alpha value is -0.189. The lowest BCUT2D eigenvalue weighted by atomic mass is 10.0. The zero-order valence-corrected chi connectivity index (χ0v) is 28.1. The van der Waals surface area contributed by atoms with Crippen molar-refractivity contribution in [1.29, 1.82) is 0 Å². The molecule has 7 heteroatoms. The van der Waals surface area contributed by atoms with Crippen LogP contribution in [0, 0.1) is 0 Å². The summed E-state index contributed by atoms with van der Waals surface area (Å²) >= 11 is 0. The van der Waals surface area contributed by atoms with Gasteiger partial charge < -0.3 is 18.0 Å². The zero-order valence-electron chi connectivity index (χ0n) is 25.1. The lowest BCUT2D eigenvalue weighted by molar-refractivity contribution is -0.0794. The minimum absolute atomic E-state index is 0.0878. The minimum Gasteiger partial charge on any atom is -0.490 e. The molecule has 0 fully saturated rings. The molecule has 0 unspecified atom stereocenters. The second-order valence-corrected chi connectivity index (χ2v) is 28.9. The quantitative estimate of drug-likeness (QED) is 0.222. The van der Waals surface area contributed by atoms with Gasteiger partial charge in [-0.2, -0.15) is 0 Å². The Morgan fingerprint density at radius 3 is 1.65 bits per heavy atom. The van der Waals surface area contributed by atoms with Crippen LogP contribution in [0.5, 0.6) is 0 Å². The highest BCUT2D eigenvalue weighted by Crippen LogP contribution is 2.43. The summed E-state index contributed by atoms with van der Waals surface area (Å²) in [4.78, 5) is 0. The van der Waals surface area contributed by atoms with Gasteiger partial charge in [-0.3, -0.25) is 0 Å². The van der Waals surface area contributed by atoms with E-state index in [1.165, 1.54) is 0 Å². The molecule has 0 aromatic carbocycles. The largest absolute Gasteiger partial charge is 0.490 e. The zero-order chi connectivity index (χ0) is 27.0. The van der Waals surface area contributed by atoms with Crippen LogP contribution in [-0.4, -0.2) is 49.9 Å². The molecule has 0 bridgehead atoms. The van der Waals surface area contributed by atoms with E-state index in [-0.39, 0.29) is 33.4 Å². The van der Waals surface area contributed by atoms with Gasteiger partial charge in [0.05, 0.1) is 18.5 Å². The molecule has 200 valence electrons. The summed E-state index contributed by atoms with van der Waals surface area (Å²) in [6.45, 7) is 38.8. The Morgan fingerprint density at radius 1 is 0.794 bits per heavy atom. The maximum absolute atomic E-state index is 7.08. The van der Waals surface area contributed by atoms with Crippen molar-refractivity contribution < 1.29 is 18.0 Å². The van der Waals surface area contributed by atoms with Gasteiger partial charge in [0, 0.05) is 6.42 Å². The maximum atomic E-state index is 7.08. The SMILES string of the molecule is C=CCC1=C[C@@H](O[Si](C)(C)C(C)(C)C)[C@H](O[Si](C)(C)C(C)(C)C)[C@@H](CO[Si](C)(C)C(C)(C)C)O1. The number of hydrogen-bond donors (Lipinski definition) is 0. The molecular weight excluding hydrogens is 473 g/mol. The van der Waals surface area contributed by atoms with Crippen molar-refractivity contribution in [3.63, 3.8) is 0 Å². The first kappa shape index (κ1) is 31.8. The predicted molar refractivity (Wildman–Crippen MR) is 155 cm³/mol. The molecule has 1 aliphatic heterocycles. The van der Waals surface area contributed by atoms with Crippen molar-refractivity contribution in [3.05, 3.63) is 24.5 Å². The Bertz CT molecular complexity index is 722. The molecule has 0 spiro atoms. The van der Waals surface area contributed by atoms with Gasteiger partial charge in [0.1, 0.15) is 12.2 Å². The fourth-order valence-corrected chi connectivity index (χ4v) is 6.53. The minimum atomic E-state index is -2.09. The van der Waals surface area contributed by atoms with E-state index in [0.29, 0.717) is 13.0 Å². The second kappa shape index (κ2) is 10.7. The van der Waals surface area contributed by atoms with Gasteiger partial charge in [0.25, 0.3) is 0 Å². The normalized spacial score (nSPS) is 23.4. The van der Waals surface area contributed by atoms with Crippen LogP contribution < -0.4 is 0 Å². The van der Waals surface area contributed by atoms with E-state index >= 15 is 0 Å². The van der Waals surface area contributed by atoms with Crippen molar-refractivity contribution in [3.8, 4) is 0 Å². The van der Waals surface area contributed by atoms with Gasteiger partial charge in [-0.15, -0.1) is 6.58 Å². The Kier molecular flexibility index (Phi) is 9.98. The van der Waals surface area contributed by atoms with Crippen LogP contribution >= 0.6 is 0 Å². The van der Waals surface area contributed by atoms with E-state index in [1.807, 2.05) is 6.08 Å². The second-order valence-electron chi connectivity index (χ2n) is 14.5. The summed E-state index contributed by atoms with van der Waals surface area (Å²) in [5, 5.41) is 0.325. The number of allylic oxidation sites excluding steroid dienone is 1. The Morgan fingerprint density at radius 2 is 1.24 bits per heavy atom. The molecule has 0 aromatic heterocycles. The Labute approximate surface area is 215 Å². The molecule has 1 heterocycles. The van der Waals surface area contributed by atoms with E-state index < -0.39 is 25.0 Å². The van der Waals surface area contributed by atoms with Crippen molar-refractivity contribution in [2.24, 2.45) is 0 Å². The Balaban J connectivity index is 3.47. The molecule has 34 heavy (non-hydrogen) atoms. The molecule has 0 aliphatic carbocycles. The molecule has 0 saturated carbocycles. The highest BCUT2D eigenvalue weighted by atomic mass is 28.4. The highest BCUT2D eigenvalue weighted by Gasteiger charge is 2.49. The molecule has 0 saturated heterocycles. The average Bonchev–Trinajstić information content (AvgIpc) is 2.59. The van der Waals surface area contributed by atoms with Crippen molar-refractivity contribution in [1.82, 2.24) is 0 Å².